The number of benzene rings is 2. The molecule has 4 aromatic rings. The molecule has 1 fully saturated rings. The van der Waals surface area contributed by atoms with Gasteiger partial charge in [-0.2, -0.15) is 0 Å². The van der Waals surface area contributed by atoms with E-state index in [0.29, 0.717) is 53.8 Å². The minimum absolute atomic E-state index is 0.0798. The average Bonchev–Trinajstić information content (AvgIpc) is 3.74. The molecule has 2 aliphatic rings. The molecule has 0 aliphatic carbocycles. The molecule has 6 rings (SSSR count). The van der Waals surface area contributed by atoms with E-state index >= 15 is 0 Å². The molecule has 4 heterocycles. The lowest BCUT2D eigenvalue weighted by molar-refractivity contribution is -0.118. The van der Waals surface area contributed by atoms with Crippen LogP contribution in [0.4, 0.5) is 5.69 Å². The Morgan fingerprint density at radius 3 is 2.69 bits per heavy atom. The van der Waals surface area contributed by atoms with Gasteiger partial charge in [0.15, 0.2) is 5.49 Å². The van der Waals surface area contributed by atoms with Crippen molar-refractivity contribution >= 4 is 50.4 Å². The predicted octanol–water partition coefficient (Wildman–Crippen LogP) is 4.59. The van der Waals surface area contributed by atoms with Gasteiger partial charge in [0.2, 0.25) is 5.91 Å². The number of fused-ring (bicyclic) bond motifs is 1. The second-order valence-electron chi connectivity index (χ2n) is 11.0. The first-order valence-corrected chi connectivity index (χ1v) is 18.0. The van der Waals surface area contributed by atoms with Gasteiger partial charge in [0, 0.05) is 63.2 Å². The van der Waals surface area contributed by atoms with Crippen LogP contribution in [0.2, 0.25) is 5.02 Å². The van der Waals surface area contributed by atoms with E-state index in [9.17, 15) is 4.79 Å². The van der Waals surface area contributed by atoms with Crippen molar-refractivity contribution in [2.75, 3.05) is 51.6 Å². The smallest absolute Gasteiger partial charge is 0.229 e. The summed E-state index contributed by atoms with van der Waals surface area (Å²) in [5.74, 6) is 1.09. The number of thiazole rings is 1. The summed E-state index contributed by atoms with van der Waals surface area (Å²) in [4.78, 5) is 32.0. The Hall–Kier alpha value is -3.35. The fourth-order valence-corrected chi connectivity index (χ4v) is 8.37. The molecule has 1 unspecified atom stereocenters. The molecule has 9 nitrogen and oxygen atoms in total. The van der Waals surface area contributed by atoms with Crippen LogP contribution >= 0.6 is 33.4 Å². The summed E-state index contributed by atoms with van der Waals surface area (Å²) in [6, 6.07) is 15.8. The van der Waals surface area contributed by atoms with Gasteiger partial charge in [-0.05, 0) is 30.3 Å². The van der Waals surface area contributed by atoms with Gasteiger partial charge in [-0.3, -0.25) is 9.69 Å². The Bertz CT molecular complexity index is 1700. The molecule has 0 spiro atoms. The Morgan fingerprint density at radius 2 is 1.93 bits per heavy atom. The molecule has 236 valence electrons. The van der Waals surface area contributed by atoms with E-state index in [2.05, 4.69) is 49.1 Å². The number of halogens is 1. The molecular weight excluding hydrogens is 626 g/mol. The number of nitrogens with zero attached hydrogens (tertiary/aromatic N) is 6. The molecule has 0 radical (unpaired) electrons. The van der Waals surface area contributed by atoms with Crippen molar-refractivity contribution in [3.63, 3.8) is 0 Å². The van der Waals surface area contributed by atoms with Crippen LogP contribution in [0.5, 0.6) is 5.75 Å². The minimum atomic E-state index is -0.371. The summed E-state index contributed by atoms with van der Waals surface area (Å²) in [7, 11) is -0.371. The van der Waals surface area contributed by atoms with Crippen molar-refractivity contribution < 1.29 is 9.53 Å². The Labute approximate surface area is 275 Å². The van der Waals surface area contributed by atoms with Gasteiger partial charge in [0.1, 0.15) is 12.4 Å². The number of rotatable bonds is 12. The van der Waals surface area contributed by atoms with Gasteiger partial charge in [-0.1, -0.05) is 54.2 Å². The lowest BCUT2D eigenvalue weighted by Crippen LogP contribution is -2.48. The number of likely N-dealkylation sites (N-methyl/N-ethyl adjacent to an activating group) is 1. The summed E-state index contributed by atoms with van der Waals surface area (Å²) in [6.45, 7) is 10.2. The van der Waals surface area contributed by atoms with E-state index in [-0.39, 0.29) is 16.4 Å². The molecule has 45 heavy (non-hydrogen) atoms. The van der Waals surface area contributed by atoms with Crippen molar-refractivity contribution in [3.05, 3.63) is 93.1 Å². The molecule has 1 saturated heterocycles. The van der Waals surface area contributed by atoms with Crippen LogP contribution in [0, 0.1) is 0 Å². The van der Waals surface area contributed by atoms with Crippen LogP contribution in [-0.4, -0.2) is 87.2 Å². The maximum atomic E-state index is 13.2. The zero-order valence-electron chi connectivity index (χ0n) is 25.4. The van der Waals surface area contributed by atoms with Gasteiger partial charge >= 0.3 is 0 Å². The summed E-state index contributed by atoms with van der Waals surface area (Å²) >= 11 is 8.10. The Morgan fingerprint density at radius 1 is 1.11 bits per heavy atom. The molecule has 2 aliphatic heterocycles. The van der Waals surface area contributed by atoms with Crippen LogP contribution in [-0.2, 0) is 24.4 Å². The van der Waals surface area contributed by atoms with E-state index in [1.54, 1.807) is 11.6 Å². The summed E-state index contributed by atoms with van der Waals surface area (Å²) in [5, 5.41) is 8.98. The van der Waals surface area contributed by atoms with Crippen LogP contribution in [0.25, 0.3) is 0 Å². The lowest BCUT2D eigenvalue weighted by Gasteiger charge is -2.33. The predicted molar refractivity (Wildman–Crippen MR) is 183 cm³/mol. The standard InChI is InChI=1S/C33H38ClN7O2S2/c1-2-39-13-15-40(16-14-39)12-11-35-31(42)22-45-17-10-28-32(36-23-41(33(28)45)19-25-6-4-3-5-7-25)38-26-8-9-30(29(34)18-26)43-20-27-21-44-24-37-27/h3-9,17-18,21,23-24H,2,10-16,19-20,22H2,1H3,(H,35,42). The number of amides is 1. The number of carbonyl (C=O) groups excluding carboxylic acids is 1. The van der Waals surface area contributed by atoms with Crippen LogP contribution in [0.1, 0.15) is 23.7 Å². The zero-order valence-corrected chi connectivity index (χ0v) is 27.8. The third-order valence-electron chi connectivity index (χ3n) is 8.00. The lowest BCUT2D eigenvalue weighted by atomic mass is 10.2. The molecule has 0 bridgehead atoms. The summed E-state index contributed by atoms with van der Waals surface area (Å²) in [5.41, 5.74) is 6.23. The van der Waals surface area contributed by atoms with Crippen LogP contribution in [0.15, 0.2) is 75.8 Å². The SMILES string of the molecule is CCN1CCN(CCNC(=O)CS2=CCc3c2n(Cc2ccccc2)cnc3=Nc2ccc(OCc3cscn3)c(Cl)c2)CC1. The van der Waals surface area contributed by atoms with E-state index in [1.165, 1.54) is 16.9 Å². The van der Waals surface area contributed by atoms with Gasteiger partial charge in [0.25, 0.3) is 0 Å². The van der Waals surface area contributed by atoms with Crippen LogP contribution < -0.4 is 15.5 Å². The molecule has 1 amide bonds. The molecular formula is C33H38ClN7O2S2. The topological polar surface area (TPSA) is 87.9 Å². The maximum Gasteiger partial charge on any atom is 0.229 e. The monoisotopic (exact) mass is 663 g/mol. The number of hydrogen-bond acceptors (Lipinski definition) is 8. The number of carbonyl (C=O) groups is 1. The van der Waals surface area contributed by atoms with Crippen molar-refractivity contribution in [2.45, 2.75) is 31.5 Å². The van der Waals surface area contributed by atoms with Gasteiger partial charge in [-0.25, -0.2) is 15.0 Å². The largest absolute Gasteiger partial charge is 0.486 e. The fraction of sp³-hybridized carbons (Fsp3) is 0.364. The van der Waals surface area contributed by atoms with Crippen molar-refractivity contribution in [3.8, 4) is 5.75 Å². The van der Waals surface area contributed by atoms with E-state index in [0.717, 1.165) is 55.6 Å². The minimum Gasteiger partial charge on any atom is -0.486 e. The summed E-state index contributed by atoms with van der Waals surface area (Å²) < 4.78 is 8.04. The molecule has 2 aromatic carbocycles. The first-order chi connectivity index (χ1) is 22.1. The third-order valence-corrected chi connectivity index (χ3v) is 11.0. The highest BCUT2D eigenvalue weighted by molar-refractivity contribution is 8.15. The zero-order chi connectivity index (χ0) is 31.0. The van der Waals surface area contributed by atoms with Gasteiger partial charge < -0.3 is 19.5 Å². The quantitative estimate of drug-likeness (QED) is 0.176. The molecule has 0 saturated carbocycles. The molecule has 1 atom stereocenters. The number of hydrogen-bond donors (Lipinski definition) is 1. The van der Waals surface area contributed by atoms with Crippen molar-refractivity contribution in [2.24, 2.45) is 4.99 Å². The third kappa shape index (κ3) is 8.28. The highest BCUT2D eigenvalue weighted by atomic mass is 35.5. The summed E-state index contributed by atoms with van der Waals surface area (Å²) in [6.07, 6.45) is 2.56. The number of aromatic nitrogens is 3. The fourth-order valence-electron chi connectivity index (χ4n) is 5.52. The maximum absolute atomic E-state index is 13.2. The van der Waals surface area contributed by atoms with E-state index in [4.69, 9.17) is 26.3 Å². The Balaban J connectivity index is 1.18. The first-order valence-electron chi connectivity index (χ1n) is 15.3. The van der Waals surface area contributed by atoms with E-state index < -0.39 is 0 Å². The molecule has 1 N–H and O–H groups in total. The highest BCUT2D eigenvalue weighted by Crippen LogP contribution is 2.34. The van der Waals surface area contributed by atoms with E-state index in [1.807, 2.05) is 42.0 Å². The number of ether oxygens (including phenoxy) is 1. The number of nitrogens with one attached hydrogen (secondary N) is 1. The average molecular weight is 664 g/mol. The highest BCUT2D eigenvalue weighted by Gasteiger charge is 2.22. The second-order valence-corrected chi connectivity index (χ2v) is 14.0. The molecule has 12 heteroatoms. The second kappa shape index (κ2) is 15.3. The number of piperazine rings is 1. The van der Waals surface area contributed by atoms with Gasteiger partial charge in [0.05, 0.1) is 39.0 Å². The van der Waals surface area contributed by atoms with Crippen molar-refractivity contribution in [1.29, 1.82) is 0 Å². The first kappa shape index (κ1) is 31.6. The van der Waals surface area contributed by atoms with Gasteiger partial charge in [-0.15, -0.1) is 21.8 Å². The normalized spacial score (nSPS) is 17.2. The van der Waals surface area contributed by atoms with Crippen molar-refractivity contribution in [1.82, 2.24) is 29.7 Å². The van der Waals surface area contributed by atoms with Crippen LogP contribution in [0.3, 0.4) is 0 Å². The Kier molecular flexibility index (Phi) is 10.7. The molecule has 2 aromatic heterocycles.